The standard InChI is InChI=1S/C17H17BrN2O4/c1-11-3-5-13(6-4-11)20-19-9-12-7-14(18)17(15(8-12)23-2)24-10-16(21)22/h3-9,20H,10H2,1-2H3,(H,21,22)/b19-9+. The van der Waals surface area contributed by atoms with Crippen molar-refractivity contribution in [2.24, 2.45) is 5.10 Å². The smallest absolute Gasteiger partial charge is 0.341 e. The van der Waals surface area contributed by atoms with Crippen molar-refractivity contribution in [2.75, 3.05) is 19.1 Å². The van der Waals surface area contributed by atoms with Crippen LogP contribution in [0.2, 0.25) is 0 Å². The molecule has 0 aromatic heterocycles. The second-order valence-corrected chi connectivity index (χ2v) is 5.81. The van der Waals surface area contributed by atoms with Gasteiger partial charge in [0.1, 0.15) is 0 Å². The van der Waals surface area contributed by atoms with Crippen molar-refractivity contribution in [3.63, 3.8) is 0 Å². The molecule has 0 unspecified atom stereocenters. The summed E-state index contributed by atoms with van der Waals surface area (Å²) >= 11 is 3.35. The van der Waals surface area contributed by atoms with E-state index in [1.165, 1.54) is 12.7 Å². The molecule has 0 bridgehead atoms. The van der Waals surface area contributed by atoms with Gasteiger partial charge in [0.25, 0.3) is 0 Å². The number of halogens is 1. The lowest BCUT2D eigenvalue weighted by atomic mass is 10.2. The summed E-state index contributed by atoms with van der Waals surface area (Å²) in [5.41, 5.74) is 5.76. The zero-order valence-corrected chi connectivity index (χ0v) is 14.8. The fraction of sp³-hybridized carbons (Fsp3) is 0.176. The van der Waals surface area contributed by atoms with E-state index < -0.39 is 12.6 Å². The molecule has 24 heavy (non-hydrogen) atoms. The minimum absolute atomic E-state index is 0.337. The van der Waals surface area contributed by atoms with Gasteiger partial charge in [0, 0.05) is 0 Å². The Bertz CT molecular complexity index is 745. The molecule has 2 rings (SSSR count). The van der Waals surface area contributed by atoms with Crippen molar-refractivity contribution in [3.8, 4) is 11.5 Å². The van der Waals surface area contributed by atoms with Crippen LogP contribution < -0.4 is 14.9 Å². The number of aryl methyl sites for hydroxylation is 1. The molecule has 6 nitrogen and oxygen atoms in total. The van der Waals surface area contributed by atoms with Gasteiger partial charge in [0.05, 0.1) is 23.5 Å². The maximum Gasteiger partial charge on any atom is 0.341 e. The molecule has 0 amide bonds. The number of nitrogens with one attached hydrogen (secondary N) is 1. The van der Waals surface area contributed by atoms with Crippen LogP contribution in [0.5, 0.6) is 11.5 Å². The minimum atomic E-state index is -1.06. The Morgan fingerprint density at radius 1 is 1.33 bits per heavy atom. The maximum absolute atomic E-state index is 10.6. The van der Waals surface area contributed by atoms with E-state index in [2.05, 4.69) is 26.5 Å². The first kappa shape index (κ1) is 17.8. The molecule has 7 heteroatoms. The van der Waals surface area contributed by atoms with Crippen LogP contribution in [0, 0.1) is 6.92 Å². The molecule has 0 atom stereocenters. The van der Waals surface area contributed by atoms with Crippen molar-refractivity contribution < 1.29 is 19.4 Å². The van der Waals surface area contributed by atoms with Crippen LogP contribution >= 0.6 is 15.9 Å². The van der Waals surface area contributed by atoms with Crippen molar-refractivity contribution in [3.05, 3.63) is 52.0 Å². The SMILES string of the molecule is COc1cc(/C=N/Nc2ccc(C)cc2)cc(Br)c1OCC(=O)O. The van der Waals surface area contributed by atoms with Gasteiger partial charge in [-0.3, -0.25) is 5.43 Å². The van der Waals surface area contributed by atoms with Crippen molar-refractivity contribution in [1.29, 1.82) is 0 Å². The second-order valence-electron chi connectivity index (χ2n) is 4.95. The summed E-state index contributed by atoms with van der Waals surface area (Å²) in [5.74, 6) is -0.303. The number of nitrogens with zero attached hydrogens (tertiary/aromatic N) is 1. The van der Waals surface area contributed by atoms with Crippen LogP contribution in [0.3, 0.4) is 0 Å². The van der Waals surface area contributed by atoms with Gasteiger partial charge in [0.15, 0.2) is 18.1 Å². The number of rotatable bonds is 7. The first-order valence-corrected chi connectivity index (χ1v) is 7.86. The highest BCUT2D eigenvalue weighted by Crippen LogP contribution is 2.36. The Morgan fingerprint density at radius 2 is 2.04 bits per heavy atom. The minimum Gasteiger partial charge on any atom is -0.493 e. The van der Waals surface area contributed by atoms with E-state index in [0.29, 0.717) is 16.0 Å². The second kappa shape index (κ2) is 8.35. The third-order valence-electron chi connectivity index (χ3n) is 3.05. The maximum atomic E-state index is 10.6. The quantitative estimate of drug-likeness (QED) is 0.554. The molecule has 2 N–H and O–H groups in total. The van der Waals surface area contributed by atoms with Gasteiger partial charge in [-0.1, -0.05) is 17.7 Å². The van der Waals surface area contributed by atoms with Crippen molar-refractivity contribution in [2.45, 2.75) is 6.92 Å². The van der Waals surface area contributed by atoms with Gasteiger partial charge >= 0.3 is 5.97 Å². The highest BCUT2D eigenvalue weighted by Gasteiger charge is 2.12. The molecule has 126 valence electrons. The summed E-state index contributed by atoms with van der Waals surface area (Å²) in [5, 5.41) is 12.9. The lowest BCUT2D eigenvalue weighted by molar-refractivity contribution is -0.139. The number of anilines is 1. The van der Waals surface area contributed by atoms with E-state index in [1.54, 1.807) is 18.3 Å². The third kappa shape index (κ3) is 4.99. The van der Waals surface area contributed by atoms with Gasteiger partial charge in [-0.05, 0) is 52.7 Å². The average molecular weight is 393 g/mol. The summed E-state index contributed by atoms with van der Waals surface area (Å²) in [6.07, 6.45) is 1.63. The zero-order valence-electron chi connectivity index (χ0n) is 13.2. The number of hydrogen-bond acceptors (Lipinski definition) is 5. The topological polar surface area (TPSA) is 80.1 Å². The summed E-state index contributed by atoms with van der Waals surface area (Å²) in [7, 11) is 1.49. The Morgan fingerprint density at radius 3 is 2.67 bits per heavy atom. The number of ether oxygens (including phenoxy) is 2. The molecule has 0 saturated heterocycles. The summed E-state index contributed by atoms with van der Waals surface area (Å²) in [6, 6.07) is 11.3. The van der Waals surface area contributed by atoms with Crippen LogP contribution in [0.4, 0.5) is 5.69 Å². The monoisotopic (exact) mass is 392 g/mol. The van der Waals surface area contributed by atoms with E-state index in [1.807, 2.05) is 31.2 Å². The van der Waals surface area contributed by atoms with E-state index >= 15 is 0 Å². The molecule has 0 fully saturated rings. The number of carbonyl (C=O) groups is 1. The molecular weight excluding hydrogens is 376 g/mol. The lowest BCUT2D eigenvalue weighted by Gasteiger charge is -2.12. The Kier molecular flexibility index (Phi) is 6.20. The molecule has 0 radical (unpaired) electrons. The molecule has 0 aliphatic carbocycles. The predicted octanol–water partition coefficient (Wildman–Crippen LogP) is 3.68. The summed E-state index contributed by atoms with van der Waals surface area (Å²) < 4.78 is 11.1. The van der Waals surface area contributed by atoms with Crippen molar-refractivity contribution in [1.82, 2.24) is 0 Å². The number of benzene rings is 2. The van der Waals surface area contributed by atoms with E-state index in [0.717, 1.165) is 11.3 Å². The van der Waals surface area contributed by atoms with Crippen LogP contribution in [0.25, 0.3) is 0 Å². The van der Waals surface area contributed by atoms with E-state index in [9.17, 15) is 4.79 Å². The number of carboxylic acids is 1. The fourth-order valence-corrected chi connectivity index (χ4v) is 2.47. The number of aliphatic carboxylic acids is 1. The fourth-order valence-electron chi connectivity index (χ4n) is 1.90. The van der Waals surface area contributed by atoms with Gasteiger partial charge in [-0.25, -0.2) is 4.79 Å². The highest BCUT2D eigenvalue weighted by atomic mass is 79.9. The Labute approximate surface area is 148 Å². The van der Waals surface area contributed by atoms with Gasteiger partial charge < -0.3 is 14.6 Å². The number of hydrazone groups is 1. The molecular formula is C17H17BrN2O4. The van der Waals surface area contributed by atoms with Gasteiger partial charge in [-0.2, -0.15) is 5.10 Å². The average Bonchev–Trinajstić information content (AvgIpc) is 2.55. The molecule has 0 saturated carbocycles. The van der Waals surface area contributed by atoms with Crippen LogP contribution in [0.15, 0.2) is 46.0 Å². The Balaban J connectivity index is 2.12. The molecule has 0 aliphatic heterocycles. The van der Waals surface area contributed by atoms with Gasteiger partial charge in [0.2, 0.25) is 0 Å². The molecule has 0 heterocycles. The highest BCUT2D eigenvalue weighted by molar-refractivity contribution is 9.10. The largest absolute Gasteiger partial charge is 0.493 e. The first-order valence-electron chi connectivity index (χ1n) is 7.07. The Hall–Kier alpha value is -2.54. The summed E-state index contributed by atoms with van der Waals surface area (Å²) in [6.45, 7) is 1.57. The number of methoxy groups -OCH3 is 1. The third-order valence-corrected chi connectivity index (χ3v) is 3.64. The predicted molar refractivity (Wildman–Crippen MR) is 96.2 cm³/mol. The van der Waals surface area contributed by atoms with E-state index in [-0.39, 0.29) is 0 Å². The van der Waals surface area contributed by atoms with Gasteiger partial charge in [-0.15, -0.1) is 0 Å². The summed E-state index contributed by atoms with van der Waals surface area (Å²) in [4.78, 5) is 10.6. The molecule has 0 aliphatic rings. The van der Waals surface area contributed by atoms with Crippen molar-refractivity contribution >= 4 is 33.8 Å². The molecule has 0 spiro atoms. The lowest BCUT2D eigenvalue weighted by Crippen LogP contribution is -2.10. The van der Waals surface area contributed by atoms with Crippen LogP contribution in [0.1, 0.15) is 11.1 Å². The molecule has 2 aromatic carbocycles. The number of hydrogen-bond donors (Lipinski definition) is 2. The first-order chi connectivity index (χ1) is 11.5. The number of carboxylic acid groups (broad SMARTS) is 1. The normalized spacial score (nSPS) is 10.6. The zero-order chi connectivity index (χ0) is 17.5. The van der Waals surface area contributed by atoms with Crippen LogP contribution in [-0.2, 0) is 4.79 Å². The van der Waals surface area contributed by atoms with Crippen LogP contribution in [-0.4, -0.2) is 31.0 Å². The molecule has 2 aromatic rings. The van der Waals surface area contributed by atoms with E-state index in [4.69, 9.17) is 14.6 Å².